The number of anilines is 2. The first-order chi connectivity index (χ1) is 15.6. The molecular formula is C24H25Cl2N5O. The molecule has 8 heteroatoms. The number of benzene rings is 1. The fraction of sp³-hybridized carbons (Fsp3) is 0.292. The van der Waals surface area contributed by atoms with Gasteiger partial charge in [-0.1, -0.05) is 35.3 Å². The Morgan fingerprint density at radius 3 is 2.41 bits per heavy atom. The molecule has 1 saturated heterocycles. The lowest BCUT2D eigenvalue weighted by atomic mass is 10.1. The van der Waals surface area contributed by atoms with Crippen molar-refractivity contribution in [2.45, 2.75) is 19.4 Å². The molecule has 1 aliphatic rings. The second-order valence-electron chi connectivity index (χ2n) is 7.77. The van der Waals surface area contributed by atoms with Gasteiger partial charge in [-0.05, 0) is 42.8 Å². The van der Waals surface area contributed by atoms with Crippen LogP contribution in [0.15, 0.2) is 60.9 Å². The molecule has 2 aromatic heterocycles. The average molecular weight is 470 g/mol. The number of hydrogen-bond donors (Lipinski definition) is 1. The molecule has 3 heterocycles. The van der Waals surface area contributed by atoms with Crippen molar-refractivity contribution in [3.05, 3.63) is 82.2 Å². The van der Waals surface area contributed by atoms with E-state index in [1.165, 1.54) is 0 Å². The highest BCUT2D eigenvalue weighted by atomic mass is 35.5. The number of aromatic nitrogens is 2. The van der Waals surface area contributed by atoms with Gasteiger partial charge < -0.3 is 10.2 Å². The SMILES string of the molecule is O=C(CCc1ccccn1)N1CCN(Cc2cccnc2Nc2cc(Cl)cc(Cl)c2)CC1. The Morgan fingerprint density at radius 1 is 0.938 bits per heavy atom. The molecule has 1 N–H and O–H groups in total. The third kappa shape index (κ3) is 6.19. The maximum Gasteiger partial charge on any atom is 0.223 e. The van der Waals surface area contributed by atoms with E-state index < -0.39 is 0 Å². The summed E-state index contributed by atoms with van der Waals surface area (Å²) in [6.45, 7) is 3.86. The summed E-state index contributed by atoms with van der Waals surface area (Å²) in [6, 6.07) is 15.1. The predicted octanol–water partition coefficient (Wildman–Crippen LogP) is 4.80. The molecule has 0 unspecified atom stereocenters. The Morgan fingerprint density at radius 2 is 1.69 bits per heavy atom. The van der Waals surface area contributed by atoms with Crippen molar-refractivity contribution in [3.8, 4) is 0 Å². The van der Waals surface area contributed by atoms with E-state index in [1.807, 2.05) is 41.3 Å². The van der Waals surface area contributed by atoms with Gasteiger partial charge in [0.25, 0.3) is 0 Å². The Kier molecular flexibility index (Phi) is 7.58. The smallest absolute Gasteiger partial charge is 0.223 e. The highest BCUT2D eigenvalue weighted by molar-refractivity contribution is 6.35. The fourth-order valence-electron chi connectivity index (χ4n) is 3.78. The lowest BCUT2D eigenvalue weighted by molar-refractivity contribution is -0.133. The predicted molar refractivity (Wildman–Crippen MR) is 128 cm³/mol. The van der Waals surface area contributed by atoms with Crippen molar-refractivity contribution in [2.24, 2.45) is 0 Å². The normalized spacial score (nSPS) is 14.4. The van der Waals surface area contributed by atoms with Gasteiger partial charge in [-0.2, -0.15) is 0 Å². The zero-order chi connectivity index (χ0) is 22.3. The van der Waals surface area contributed by atoms with Gasteiger partial charge in [0.15, 0.2) is 0 Å². The largest absolute Gasteiger partial charge is 0.340 e. The van der Waals surface area contributed by atoms with E-state index in [1.54, 1.807) is 18.5 Å². The minimum atomic E-state index is 0.192. The van der Waals surface area contributed by atoms with Crippen LogP contribution in [0, 0.1) is 0 Å². The molecule has 0 aliphatic carbocycles. The number of carbonyl (C=O) groups excluding carboxylic acids is 1. The maximum atomic E-state index is 12.6. The summed E-state index contributed by atoms with van der Waals surface area (Å²) in [5, 5.41) is 4.47. The van der Waals surface area contributed by atoms with Gasteiger partial charge in [0.1, 0.15) is 5.82 Å². The molecule has 0 atom stereocenters. The summed E-state index contributed by atoms with van der Waals surface area (Å²) in [5.41, 5.74) is 2.83. The van der Waals surface area contributed by atoms with Gasteiger partial charge in [0.2, 0.25) is 5.91 Å². The van der Waals surface area contributed by atoms with Crippen LogP contribution in [0.1, 0.15) is 17.7 Å². The van der Waals surface area contributed by atoms with Gasteiger partial charge in [-0.25, -0.2) is 4.98 Å². The zero-order valence-electron chi connectivity index (χ0n) is 17.7. The number of amides is 1. The van der Waals surface area contributed by atoms with E-state index >= 15 is 0 Å². The van der Waals surface area contributed by atoms with Gasteiger partial charge >= 0.3 is 0 Å². The van der Waals surface area contributed by atoms with Crippen LogP contribution in [0.25, 0.3) is 0 Å². The zero-order valence-corrected chi connectivity index (χ0v) is 19.2. The summed E-state index contributed by atoms with van der Waals surface area (Å²) in [4.78, 5) is 25.7. The number of halogens is 2. The first kappa shape index (κ1) is 22.5. The van der Waals surface area contributed by atoms with Gasteiger partial charge in [-0.3, -0.25) is 14.7 Å². The lowest BCUT2D eigenvalue weighted by Crippen LogP contribution is -2.48. The van der Waals surface area contributed by atoms with E-state index in [-0.39, 0.29) is 5.91 Å². The quantitative estimate of drug-likeness (QED) is 0.538. The van der Waals surface area contributed by atoms with Crippen LogP contribution in [-0.4, -0.2) is 51.9 Å². The Balaban J connectivity index is 1.31. The Labute approximate surface area is 198 Å². The van der Waals surface area contributed by atoms with Crippen LogP contribution >= 0.6 is 23.2 Å². The summed E-state index contributed by atoms with van der Waals surface area (Å²) in [6.07, 6.45) is 4.70. The highest BCUT2D eigenvalue weighted by Crippen LogP contribution is 2.26. The number of rotatable bonds is 7. The molecule has 0 bridgehead atoms. The average Bonchev–Trinajstić information content (AvgIpc) is 2.79. The van der Waals surface area contributed by atoms with Crippen LogP contribution in [0.2, 0.25) is 10.0 Å². The molecule has 1 aromatic carbocycles. The number of carbonyl (C=O) groups is 1. The number of nitrogens with one attached hydrogen (secondary N) is 1. The summed E-state index contributed by atoms with van der Waals surface area (Å²) in [7, 11) is 0. The van der Waals surface area contributed by atoms with Gasteiger partial charge in [0.05, 0.1) is 0 Å². The molecule has 6 nitrogen and oxygen atoms in total. The van der Waals surface area contributed by atoms with E-state index in [0.717, 1.165) is 55.5 Å². The molecule has 0 spiro atoms. The molecule has 3 aromatic rings. The minimum Gasteiger partial charge on any atom is -0.340 e. The Bertz CT molecular complexity index is 1040. The second kappa shape index (κ2) is 10.8. The fourth-order valence-corrected chi connectivity index (χ4v) is 4.30. The molecule has 0 radical (unpaired) electrons. The van der Waals surface area contributed by atoms with Crippen LogP contribution < -0.4 is 5.32 Å². The summed E-state index contributed by atoms with van der Waals surface area (Å²) in [5.74, 6) is 0.969. The van der Waals surface area contributed by atoms with E-state index in [4.69, 9.17) is 23.2 Å². The molecule has 1 amide bonds. The lowest BCUT2D eigenvalue weighted by Gasteiger charge is -2.35. The number of piperazine rings is 1. The molecule has 4 rings (SSSR count). The van der Waals surface area contributed by atoms with E-state index in [2.05, 4.69) is 26.3 Å². The van der Waals surface area contributed by atoms with Crippen LogP contribution in [-0.2, 0) is 17.8 Å². The number of pyridine rings is 2. The second-order valence-corrected chi connectivity index (χ2v) is 8.65. The van der Waals surface area contributed by atoms with E-state index in [9.17, 15) is 4.79 Å². The molecule has 32 heavy (non-hydrogen) atoms. The summed E-state index contributed by atoms with van der Waals surface area (Å²) >= 11 is 12.2. The van der Waals surface area contributed by atoms with Crippen LogP contribution in [0.4, 0.5) is 11.5 Å². The summed E-state index contributed by atoms with van der Waals surface area (Å²) < 4.78 is 0. The highest BCUT2D eigenvalue weighted by Gasteiger charge is 2.21. The monoisotopic (exact) mass is 469 g/mol. The van der Waals surface area contributed by atoms with Crippen molar-refractivity contribution in [1.29, 1.82) is 0 Å². The van der Waals surface area contributed by atoms with Crippen molar-refractivity contribution >= 4 is 40.6 Å². The molecular weight excluding hydrogens is 445 g/mol. The van der Waals surface area contributed by atoms with Crippen molar-refractivity contribution in [3.63, 3.8) is 0 Å². The van der Waals surface area contributed by atoms with Gasteiger partial charge in [-0.15, -0.1) is 0 Å². The molecule has 1 fully saturated rings. The van der Waals surface area contributed by atoms with Crippen molar-refractivity contribution in [1.82, 2.24) is 19.8 Å². The van der Waals surface area contributed by atoms with Crippen molar-refractivity contribution in [2.75, 3.05) is 31.5 Å². The standard InChI is InChI=1S/C24H25Cl2N5O/c25-19-14-20(26)16-22(15-19)29-24-18(4-3-9-28-24)17-30-10-12-31(13-11-30)23(32)7-6-21-5-1-2-8-27-21/h1-5,8-9,14-16H,6-7,10-13,17H2,(H,28,29). The first-order valence-corrected chi connectivity index (χ1v) is 11.4. The molecule has 1 aliphatic heterocycles. The number of aryl methyl sites for hydroxylation is 1. The van der Waals surface area contributed by atoms with E-state index in [0.29, 0.717) is 22.9 Å². The van der Waals surface area contributed by atoms with Crippen LogP contribution in [0.3, 0.4) is 0 Å². The first-order valence-electron chi connectivity index (χ1n) is 10.6. The third-order valence-electron chi connectivity index (χ3n) is 5.46. The molecule has 0 saturated carbocycles. The van der Waals surface area contributed by atoms with Gasteiger partial charge in [0, 0.05) is 78.5 Å². The topological polar surface area (TPSA) is 61.4 Å². The molecule has 166 valence electrons. The number of hydrogen-bond acceptors (Lipinski definition) is 5. The minimum absolute atomic E-state index is 0.192. The third-order valence-corrected chi connectivity index (χ3v) is 5.89. The van der Waals surface area contributed by atoms with Crippen LogP contribution in [0.5, 0.6) is 0 Å². The Hall–Kier alpha value is -2.67. The number of nitrogens with zero attached hydrogens (tertiary/aromatic N) is 4. The maximum absolute atomic E-state index is 12.6. The van der Waals surface area contributed by atoms with Crippen molar-refractivity contribution < 1.29 is 4.79 Å².